The highest BCUT2D eigenvalue weighted by Crippen LogP contribution is 2.23. The molecule has 0 aliphatic heterocycles. The molecule has 1 aromatic carbocycles. The Morgan fingerprint density at radius 2 is 1.81 bits per heavy atom. The molecule has 0 amide bonds. The van der Waals surface area contributed by atoms with Crippen molar-refractivity contribution in [3.05, 3.63) is 53.1 Å². The molecule has 0 aromatic heterocycles. The Morgan fingerprint density at radius 1 is 1.06 bits per heavy atom. The quantitative estimate of drug-likeness (QED) is 0.729. The first kappa shape index (κ1) is 10.9. The number of hydrogen-bond acceptors (Lipinski definition) is 1. The van der Waals surface area contributed by atoms with Crippen LogP contribution >= 0.6 is 0 Å². The maximum atomic E-state index is 11.5. The Kier molecular flexibility index (Phi) is 3.35. The zero-order valence-corrected chi connectivity index (χ0v) is 9.57. The summed E-state index contributed by atoms with van der Waals surface area (Å²) in [5, 5.41) is 0. The largest absolute Gasteiger partial charge is 0.295 e. The van der Waals surface area contributed by atoms with Crippen molar-refractivity contribution in [2.45, 2.75) is 26.2 Å². The molecule has 0 radical (unpaired) electrons. The average Bonchev–Trinajstić information content (AvgIpc) is 2.32. The highest BCUT2D eigenvalue weighted by molar-refractivity contribution is 5.97. The summed E-state index contributed by atoms with van der Waals surface area (Å²) in [7, 11) is 0. The zero-order valence-electron chi connectivity index (χ0n) is 9.57. The molecule has 0 saturated heterocycles. The van der Waals surface area contributed by atoms with Crippen molar-refractivity contribution in [3.63, 3.8) is 0 Å². The molecule has 82 valence electrons. The molecule has 1 aromatic rings. The van der Waals surface area contributed by atoms with Crippen molar-refractivity contribution in [1.29, 1.82) is 0 Å². The van der Waals surface area contributed by atoms with Gasteiger partial charge in [-0.2, -0.15) is 0 Å². The van der Waals surface area contributed by atoms with E-state index in [4.69, 9.17) is 0 Å². The molecule has 0 fully saturated rings. The van der Waals surface area contributed by atoms with Crippen molar-refractivity contribution in [2.75, 3.05) is 0 Å². The van der Waals surface area contributed by atoms with E-state index in [0.717, 1.165) is 18.4 Å². The van der Waals surface area contributed by atoms with Crippen LogP contribution in [-0.2, 0) is 4.79 Å². The SMILES string of the molecule is CC1=C(/C=C/c2ccccc2)CCCC1=O. The fourth-order valence-electron chi connectivity index (χ4n) is 1.96. The van der Waals surface area contributed by atoms with Crippen molar-refractivity contribution in [2.24, 2.45) is 0 Å². The molecule has 1 nitrogen and oxygen atoms in total. The van der Waals surface area contributed by atoms with E-state index in [2.05, 4.69) is 24.3 Å². The second kappa shape index (κ2) is 4.93. The number of carbonyl (C=O) groups is 1. The Hall–Kier alpha value is -1.63. The van der Waals surface area contributed by atoms with Gasteiger partial charge in [-0.1, -0.05) is 42.5 Å². The molecule has 1 aliphatic carbocycles. The van der Waals surface area contributed by atoms with Crippen LogP contribution in [0.5, 0.6) is 0 Å². The van der Waals surface area contributed by atoms with Crippen LogP contribution in [0, 0.1) is 0 Å². The van der Waals surface area contributed by atoms with E-state index in [0.29, 0.717) is 12.2 Å². The molecular weight excluding hydrogens is 196 g/mol. The smallest absolute Gasteiger partial charge is 0.158 e. The van der Waals surface area contributed by atoms with E-state index in [-0.39, 0.29) is 0 Å². The normalized spacial score (nSPS) is 17.2. The third-order valence-corrected chi connectivity index (χ3v) is 3.03. The van der Waals surface area contributed by atoms with Gasteiger partial charge in [-0.15, -0.1) is 0 Å². The van der Waals surface area contributed by atoms with E-state index >= 15 is 0 Å². The van der Waals surface area contributed by atoms with E-state index in [1.54, 1.807) is 0 Å². The molecule has 0 atom stereocenters. The Morgan fingerprint density at radius 3 is 2.56 bits per heavy atom. The Balaban J connectivity index is 2.18. The van der Waals surface area contributed by atoms with E-state index in [1.807, 2.05) is 25.1 Å². The summed E-state index contributed by atoms with van der Waals surface area (Å²) < 4.78 is 0. The number of benzene rings is 1. The molecule has 0 saturated carbocycles. The lowest BCUT2D eigenvalue weighted by molar-refractivity contribution is -0.116. The van der Waals surface area contributed by atoms with Gasteiger partial charge in [0.2, 0.25) is 0 Å². The van der Waals surface area contributed by atoms with Gasteiger partial charge in [-0.3, -0.25) is 4.79 Å². The fraction of sp³-hybridized carbons (Fsp3) is 0.267. The van der Waals surface area contributed by atoms with Gasteiger partial charge in [-0.05, 0) is 36.5 Å². The minimum atomic E-state index is 0.305. The van der Waals surface area contributed by atoms with E-state index < -0.39 is 0 Å². The highest BCUT2D eigenvalue weighted by Gasteiger charge is 2.14. The number of carbonyl (C=O) groups excluding carboxylic acids is 1. The summed E-state index contributed by atoms with van der Waals surface area (Å²) in [6, 6.07) is 10.2. The lowest BCUT2D eigenvalue weighted by Crippen LogP contribution is -2.07. The molecule has 0 unspecified atom stereocenters. The number of Topliss-reactive ketones (excluding diaryl/α,β-unsaturated/α-hetero) is 1. The second-order valence-electron chi connectivity index (χ2n) is 4.17. The van der Waals surface area contributed by atoms with Crippen LogP contribution in [0.2, 0.25) is 0 Å². The molecule has 1 aliphatic rings. The molecule has 1 heteroatoms. The highest BCUT2D eigenvalue weighted by atomic mass is 16.1. The maximum Gasteiger partial charge on any atom is 0.158 e. The van der Waals surface area contributed by atoms with Crippen LogP contribution < -0.4 is 0 Å². The van der Waals surface area contributed by atoms with Gasteiger partial charge in [0.1, 0.15) is 0 Å². The van der Waals surface area contributed by atoms with Gasteiger partial charge in [0, 0.05) is 6.42 Å². The Labute approximate surface area is 96.5 Å². The van der Waals surface area contributed by atoms with Gasteiger partial charge in [0.25, 0.3) is 0 Å². The summed E-state index contributed by atoms with van der Waals surface area (Å²) in [6.07, 6.45) is 6.90. The zero-order chi connectivity index (χ0) is 11.4. The summed E-state index contributed by atoms with van der Waals surface area (Å²) in [5.41, 5.74) is 3.32. The van der Waals surface area contributed by atoms with Gasteiger partial charge in [0.15, 0.2) is 5.78 Å². The number of rotatable bonds is 2. The van der Waals surface area contributed by atoms with Crippen LogP contribution in [0.25, 0.3) is 6.08 Å². The minimum Gasteiger partial charge on any atom is -0.295 e. The van der Waals surface area contributed by atoms with Crippen molar-refractivity contribution >= 4 is 11.9 Å². The van der Waals surface area contributed by atoms with E-state index in [9.17, 15) is 4.79 Å². The van der Waals surface area contributed by atoms with Gasteiger partial charge >= 0.3 is 0 Å². The fourth-order valence-corrected chi connectivity index (χ4v) is 1.96. The maximum absolute atomic E-state index is 11.5. The summed E-state index contributed by atoms with van der Waals surface area (Å²) in [6.45, 7) is 1.94. The standard InChI is InChI=1S/C15H16O/c1-12-14(8-5-9-15(12)16)11-10-13-6-3-2-4-7-13/h2-4,6-7,10-11H,5,8-9H2,1H3/b11-10+. The predicted octanol–water partition coefficient (Wildman–Crippen LogP) is 3.77. The van der Waals surface area contributed by atoms with Crippen molar-refractivity contribution in [1.82, 2.24) is 0 Å². The molecule has 0 N–H and O–H groups in total. The van der Waals surface area contributed by atoms with Gasteiger partial charge in [-0.25, -0.2) is 0 Å². The molecule has 0 bridgehead atoms. The summed E-state index contributed by atoms with van der Waals surface area (Å²) in [5.74, 6) is 0.305. The summed E-state index contributed by atoms with van der Waals surface area (Å²) >= 11 is 0. The third kappa shape index (κ3) is 2.48. The van der Waals surface area contributed by atoms with Crippen LogP contribution in [0.3, 0.4) is 0 Å². The van der Waals surface area contributed by atoms with Crippen molar-refractivity contribution < 1.29 is 4.79 Å². The first-order chi connectivity index (χ1) is 7.77. The lowest BCUT2D eigenvalue weighted by atomic mass is 9.91. The monoisotopic (exact) mass is 212 g/mol. The average molecular weight is 212 g/mol. The first-order valence-corrected chi connectivity index (χ1v) is 5.73. The molecule has 16 heavy (non-hydrogen) atoms. The summed E-state index contributed by atoms with van der Waals surface area (Å²) in [4.78, 5) is 11.5. The van der Waals surface area contributed by atoms with Crippen LogP contribution in [0.15, 0.2) is 47.6 Å². The predicted molar refractivity (Wildman–Crippen MR) is 67.0 cm³/mol. The van der Waals surface area contributed by atoms with Gasteiger partial charge < -0.3 is 0 Å². The number of allylic oxidation sites excluding steroid dienone is 3. The molecule has 0 spiro atoms. The Bertz CT molecular complexity index is 438. The van der Waals surface area contributed by atoms with Crippen molar-refractivity contribution in [3.8, 4) is 0 Å². The van der Waals surface area contributed by atoms with Crippen LogP contribution in [0.1, 0.15) is 31.7 Å². The number of ketones is 1. The van der Waals surface area contributed by atoms with E-state index in [1.165, 1.54) is 11.1 Å². The first-order valence-electron chi connectivity index (χ1n) is 5.73. The molecule has 0 heterocycles. The lowest BCUT2D eigenvalue weighted by Gasteiger charge is -2.13. The van der Waals surface area contributed by atoms with Crippen LogP contribution in [-0.4, -0.2) is 5.78 Å². The van der Waals surface area contributed by atoms with Crippen LogP contribution in [0.4, 0.5) is 0 Å². The number of hydrogen-bond donors (Lipinski definition) is 0. The minimum absolute atomic E-state index is 0.305. The van der Waals surface area contributed by atoms with Gasteiger partial charge in [0.05, 0.1) is 0 Å². The molecule has 2 rings (SSSR count). The molecular formula is C15H16O. The second-order valence-corrected chi connectivity index (χ2v) is 4.17. The third-order valence-electron chi connectivity index (χ3n) is 3.03. The topological polar surface area (TPSA) is 17.1 Å².